The van der Waals surface area contributed by atoms with Gasteiger partial charge in [-0.25, -0.2) is 0 Å². The lowest BCUT2D eigenvalue weighted by Gasteiger charge is -2.30. The number of carbonyl (C=O) groups excluding carboxylic acids is 3. The van der Waals surface area contributed by atoms with E-state index in [1.165, 1.54) is 5.56 Å². The molecule has 156 valence electrons. The van der Waals surface area contributed by atoms with Crippen molar-refractivity contribution >= 4 is 34.8 Å². The Balaban J connectivity index is 1.48. The number of hydrogen-bond acceptors (Lipinski definition) is 4. The molecule has 7 heteroatoms. The predicted molar refractivity (Wildman–Crippen MR) is 117 cm³/mol. The zero-order valence-electron chi connectivity index (χ0n) is 17.3. The van der Waals surface area contributed by atoms with Crippen molar-refractivity contribution in [2.75, 3.05) is 41.3 Å². The molecule has 0 spiro atoms. The van der Waals surface area contributed by atoms with Gasteiger partial charge in [0.15, 0.2) is 0 Å². The fourth-order valence-electron chi connectivity index (χ4n) is 3.96. The molecule has 2 aromatic rings. The van der Waals surface area contributed by atoms with Crippen molar-refractivity contribution in [1.82, 2.24) is 5.32 Å². The molecule has 2 fully saturated rings. The molecule has 0 radical (unpaired) electrons. The summed E-state index contributed by atoms with van der Waals surface area (Å²) in [6, 6.07) is 13.4. The van der Waals surface area contributed by atoms with E-state index in [0.717, 1.165) is 16.9 Å². The van der Waals surface area contributed by atoms with Crippen LogP contribution in [0.15, 0.2) is 42.5 Å². The van der Waals surface area contributed by atoms with Gasteiger partial charge < -0.3 is 20.4 Å². The maximum atomic E-state index is 13.0. The molecule has 2 N–H and O–H groups in total. The zero-order valence-corrected chi connectivity index (χ0v) is 17.3. The Bertz CT molecular complexity index is 1000. The molecule has 7 nitrogen and oxygen atoms in total. The summed E-state index contributed by atoms with van der Waals surface area (Å²) in [7, 11) is 0. The van der Waals surface area contributed by atoms with E-state index in [4.69, 9.17) is 0 Å². The summed E-state index contributed by atoms with van der Waals surface area (Å²) >= 11 is 0. The van der Waals surface area contributed by atoms with E-state index in [2.05, 4.69) is 10.6 Å². The second kappa shape index (κ2) is 8.18. The van der Waals surface area contributed by atoms with E-state index in [1.807, 2.05) is 61.2 Å². The monoisotopic (exact) mass is 406 g/mol. The van der Waals surface area contributed by atoms with Crippen LogP contribution in [0.3, 0.4) is 0 Å². The molecule has 0 aliphatic carbocycles. The van der Waals surface area contributed by atoms with E-state index in [0.29, 0.717) is 25.3 Å². The summed E-state index contributed by atoms with van der Waals surface area (Å²) in [6.45, 7) is 5.92. The minimum absolute atomic E-state index is 0.0344. The maximum absolute atomic E-state index is 13.0. The smallest absolute Gasteiger partial charge is 0.239 e. The molecule has 30 heavy (non-hydrogen) atoms. The van der Waals surface area contributed by atoms with Crippen LogP contribution in [0.4, 0.5) is 17.1 Å². The van der Waals surface area contributed by atoms with Gasteiger partial charge in [0, 0.05) is 31.7 Å². The van der Waals surface area contributed by atoms with Gasteiger partial charge in [0.1, 0.15) is 0 Å². The molecule has 2 aliphatic rings. The van der Waals surface area contributed by atoms with E-state index >= 15 is 0 Å². The molecule has 1 atom stereocenters. The number of benzene rings is 2. The van der Waals surface area contributed by atoms with Gasteiger partial charge in [-0.15, -0.1) is 0 Å². The molecule has 1 unspecified atom stereocenters. The van der Waals surface area contributed by atoms with Gasteiger partial charge in [0.05, 0.1) is 23.8 Å². The van der Waals surface area contributed by atoms with E-state index in [-0.39, 0.29) is 30.7 Å². The third kappa shape index (κ3) is 4.01. The van der Waals surface area contributed by atoms with Gasteiger partial charge in [-0.1, -0.05) is 18.2 Å². The normalized spacial score (nSPS) is 19.1. The van der Waals surface area contributed by atoms with Crippen molar-refractivity contribution in [3.8, 4) is 0 Å². The number of piperazine rings is 1. The van der Waals surface area contributed by atoms with E-state index < -0.39 is 5.92 Å². The number of rotatable bonds is 4. The van der Waals surface area contributed by atoms with Gasteiger partial charge in [-0.05, 0) is 49.2 Å². The number of nitrogens with one attached hydrogen (secondary N) is 2. The second-order valence-corrected chi connectivity index (χ2v) is 7.95. The molecule has 0 saturated carbocycles. The Hall–Kier alpha value is -3.35. The number of amides is 3. The number of carbonyl (C=O) groups is 3. The van der Waals surface area contributed by atoms with Crippen molar-refractivity contribution < 1.29 is 14.4 Å². The minimum atomic E-state index is -0.420. The number of anilines is 3. The highest BCUT2D eigenvalue weighted by Gasteiger charge is 2.35. The van der Waals surface area contributed by atoms with Crippen LogP contribution in [-0.4, -0.2) is 43.9 Å². The lowest BCUT2D eigenvalue weighted by atomic mass is 10.1. The van der Waals surface area contributed by atoms with Crippen molar-refractivity contribution in [2.24, 2.45) is 5.92 Å². The van der Waals surface area contributed by atoms with Crippen LogP contribution < -0.4 is 20.4 Å². The lowest BCUT2D eigenvalue weighted by molar-refractivity contribution is -0.122. The Kier molecular flexibility index (Phi) is 5.44. The van der Waals surface area contributed by atoms with E-state index in [9.17, 15) is 14.4 Å². The Morgan fingerprint density at radius 3 is 2.67 bits per heavy atom. The summed E-state index contributed by atoms with van der Waals surface area (Å²) in [5.74, 6) is -0.674. The number of para-hydroxylation sites is 2. The summed E-state index contributed by atoms with van der Waals surface area (Å²) in [4.78, 5) is 41.0. The van der Waals surface area contributed by atoms with Gasteiger partial charge in [0.2, 0.25) is 17.7 Å². The van der Waals surface area contributed by atoms with Crippen molar-refractivity contribution in [3.05, 3.63) is 53.6 Å². The van der Waals surface area contributed by atoms with Crippen molar-refractivity contribution in [2.45, 2.75) is 20.3 Å². The molecular weight excluding hydrogens is 380 g/mol. The van der Waals surface area contributed by atoms with Gasteiger partial charge in [-0.3, -0.25) is 14.4 Å². The van der Waals surface area contributed by atoms with Gasteiger partial charge >= 0.3 is 0 Å². The fraction of sp³-hybridized carbons (Fsp3) is 0.348. The molecule has 2 heterocycles. The fourth-order valence-corrected chi connectivity index (χ4v) is 3.96. The molecular formula is C23H26N4O3. The topological polar surface area (TPSA) is 81.8 Å². The Morgan fingerprint density at radius 2 is 1.90 bits per heavy atom. The molecule has 2 aliphatic heterocycles. The largest absolute Gasteiger partial charge is 0.359 e. The van der Waals surface area contributed by atoms with Gasteiger partial charge in [0.25, 0.3) is 0 Å². The van der Waals surface area contributed by atoms with Crippen LogP contribution in [0.2, 0.25) is 0 Å². The first-order valence-electron chi connectivity index (χ1n) is 10.2. The second-order valence-electron chi connectivity index (χ2n) is 7.95. The molecule has 4 rings (SSSR count). The Labute approximate surface area is 176 Å². The maximum Gasteiger partial charge on any atom is 0.239 e. The third-order valence-electron chi connectivity index (χ3n) is 5.84. The van der Waals surface area contributed by atoms with Crippen LogP contribution in [0, 0.1) is 19.8 Å². The van der Waals surface area contributed by atoms with Crippen LogP contribution >= 0.6 is 0 Å². The highest BCUT2D eigenvalue weighted by Crippen LogP contribution is 2.30. The highest BCUT2D eigenvalue weighted by molar-refractivity contribution is 6.04. The minimum Gasteiger partial charge on any atom is -0.359 e. The highest BCUT2D eigenvalue weighted by atomic mass is 16.2. The number of nitrogens with zero attached hydrogens (tertiary/aromatic N) is 2. The molecule has 3 amide bonds. The first kappa shape index (κ1) is 19.9. The molecule has 0 aromatic heterocycles. The van der Waals surface area contributed by atoms with Crippen LogP contribution in [-0.2, 0) is 14.4 Å². The lowest BCUT2D eigenvalue weighted by Crippen LogP contribution is -2.48. The Morgan fingerprint density at radius 1 is 1.10 bits per heavy atom. The standard InChI is InChI=1S/C23H26N4O3/c1-15-7-8-18(11-16(15)2)27-13-17(12-22(27)29)23(30)25-19-5-3-4-6-20(19)26-10-9-24-21(28)14-26/h3-8,11,17H,9-10,12-14H2,1-2H3,(H,24,28)(H,25,30). The summed E-state index contributed by atoms with van der Waals surface area (Å²) < 4.78 is 0. The summed E-state index contributed by atoms with van der Waals surface area (Å²) in [6.07, 6.45) is 0.188. The van der Waals surface area contributed by atoms with Gasteiger partial charge in [-0.2, -0.15) is 0 Å². The molecule has 2 aromatic carbocycles. The predicted octanol–water partition coefficient (Wildman–Crippen LogP) is 2.23. The SMILES string of the molecule is Cc1ccc(N2CC(C(=O)Nc3ccccc3N3CCNC(=O)C3)CC2=O)cc1C. The number of hydrogen-bond donors (Lipinski definition) is 2. The zero-order chi connectivity index (χ0) is 21.3. The summed E-state index contributed by atoms with van der Waals surface area (Å²) in [5, 5.41) is 5.79. The molecule has 0 bridgehead atoms. The quantitative estimate of drug-likeness (QED) is 0.816. The van der Waals surface area contributed by atoms with E-state index in [1.54, 1.807) is 4.90 Å². The molecule has 2 saturated heterocycles. The van der Waals surface area contributed by atoms with Crippen molar-refractivity contribution in [1.29, 1.82) is 0 Å². The van der Waals surface area contributed by atoms with Crippen LogP contribution in [0.1, 0.15) is 17.5 Å². The first-order valence-corrected chi connectivity index (χ1v) is 10.2. The third-order valence-corrected chi connectivity index (χ3v) is 5.84. The first-order chi connectivity index (χ1) is 14.4. The average molecular weight is 406 g/mol. The average Bonchev–Trinajstić information content (AvgIpc) is 3.12. The van der Waals surface area contributed by atoms with Crippen molar-refractivity contribution in [3.63, 3.8) is 0 Å². The van der Waals surface area contributed by atoms with Crippen LogP contribution in [0.5, 0.6) is 0 Å². The van der Waals surface area contributed by atoms with Crippen LogP contribution in [0.25, 0.3) is 0 Å². The number of aryl methyl sites for hydroxylation is 2. The summed E-state index contributed by atoms with van der Waals surface area (Å²) in [5.41, 5.74) is 4.60.